The number of thiocarbonyl (C=S) groups is 1. The maximum Gasteiger partial charge on any atom is 0.170 e. The van der Waals surface area contributed by atoms with Crippen molar-refractivity contribution in [2.45, 2.75) is 32.7 Å². The third-order valence-corrected chi connectivity index (χ3v) is 5.63. The summed E-state index contributed by atoms with van der Waals surface area (Å²) in [5.74, 6) is 0.935. The number of para-hydroxylation sites is 1. The molecule has 1 aliphatic heterocycles. The van der Waals surface area contributed by atoms with Gasteiger partial charge in [-0.25, -0.2) is 0 Å². The first-order valence-electron chi connectivity index (χ1n) is 9.58. The second-order valence-corrected chi connectivity index (χ2v) is 7.49. The molecule has 5 heteroatoms. The molecule has 0 spiro atoms. The third kappa shape index (κ3) is 4.79. The van der Waals surface area contributed by atoms with Gasteiger partial charge in [-0.3, -0.25) is 4.90 Å². The van der Waals surface area contributed by atoms with Gasteiger partial charge in [-0.1, -0.05) is 30.3 Å². The van der Waals surface area contributed by atoms with Crippen molar-refractivity contribution < 1.29 is 4.74 Å². The van der Waals surface area contributed by atoms with Crippen molar-refractivity contribution in [1.82, 2.24) is 10.2 Å². The van der Waals surface area contributed by atoms with Gasteiger partial charge in [-0.2, -0.15) is 0 Å². The Morgan fingerprint density at radius 1 is 1.11 bits per heavy atom. The summed E-state index contributed by atoms with van der Waals surface area (Å²) in [4.78, 5) is 2.52. The van der Waals surface area contributed by atoms with E-state index in [2.05, 4.69) is 59.7 Å². The Morgan fingerprint density at radius 3 is 2.59 bits per heavy atom. The van der Waals surface area contributed by atoms with Gasteiger partial charge in [0, 0.05) is 17.8 Å². The molecule has 27 heavy (non-hydrogen) atoms. The minimum Gasteiger partial charge on any atom is -0.496 e. The molecule has 1 heterocycles. The molecule has 1 aliphatic rings. The van der Waals surface area contributed by atoms with Gasteiger partial charge in [0.1, 0.15) is 5.75 Å². The molecule has 0 amide bonds. The first-order valence-corrected chi connectivity index (χ1v) is 9.99. The molecule has 2 aromatic carbocycles. The average Bonchev–Trinajstić information content (AvgIpc) is 3.20. The van der Waals surface area contributed by atoms with Crippen molar-refractivity contribution in [2.75, 3.05) is 32.1 Å². The van der Waals surface area contributed by atoms with Gasteiger partial charge in [-0.05, 0) is 75.3 Å². The number of methoxy groups -OCH3 is 1. The Hall–Kier alpha value is -2.11. The van der Waals surface area contributed by atoms with Gasteiger partial charge in [0.15, 0.2) is 5.11 Å². The smallest absolute Gasteiger partial charge is 0.170 e. The Balaban J connectivity index is 1.71. The molecule has 0 bridgehead atoms. The Kier molecular flexibility index (Phi) is 6.69. The van der Waals surface area contributed by atoms with Gasteiger partial charge >= 0.3 is 0 Å². The monoisotopic (exact) mass is 383 g/mol. The van der Waals surface area contributed by atoms with Crippen LogP contribution in [0.4, 0.5) is 5.69 Å². The van der Waals surface area contributed by atoms with Gasteiger partial charge in [0.25, 0.3) is 0 Å². The topological polar surface area (TPSA) is 36.5 Å². The maximum atomic E-state index is 5.61. The fourth-order valence-corrected chi connectivity index (χ4v) is 3.87. The zero-order valence-electron chi connectivity index (χ0n) is 16.4. The van der Waals surface area contributed by atoms with Crippen LogP contribution in [0.3, 0.4) is 0 Å². The average molecular weight is 384 g/mol. The lowest BCUT2D eigenvalue weighted by atomic mass is 10.0. The molecule has 0 saturated carbocycles. The summed E-state index contributed by atoms with van der Waals surface area (Å²) in [6.07, 6.45) is 2.49. The second kappa shape index (κ2) is 9.20. The summed E-state index contributed by atoms with van der Waals surface area (Å²) < 4.78 is 5.61. The van der Waals surface area contributed by atoms with Crippen LogP contribution in [-0.4, -0.2) is 36.8 Å². The lowest BCUT2D eigenvalue weighted by molar-refractivity contribution is 0.240. The predicted octanol–water partition coefficient (Wildman–Crippen LogP) is 4.44. The van der Waals surface area contributed by atoms with E-state index in [1.54, 1.807) is 7.11 Å². The number of benzene rings is 2. The maximum absolute atomic E-state index is 5.61. The Morgan fingerprint density at radius 2 is 1.85 bits per heavy atom. The number of nitrogens with one attached hydrogen (secondary N) is 2. The summed E-state index contributed by atoms with van der Waals surface area (Å²) in [6.45, 7) is 7.20. The molecule has 4 nitrogen and oxygen atoms in total. The molecule has 144 valence electrons. The van der Waals surface area contributed by atoms with Crippen LogP contribution in [0, 0.1) is 13.8 Å². The Labute approximate surface area is 167 Å². The lowest BCUT2D eigenvalue weighted by Gasteiger charge is -2.30. The number of hydrogen-bond donors (Lipinski definition) is 2. The van der Waals surface area contributed by atoms with E-state index in [4.69, 9.17) is 17.0 Å². The van der Waals surface area contributed by atoms with Gasteiger partial charge < -0.3 is 15.4 Å². The highest BCUT2D eigenvalue weighted by molar-refractivity contribution is 7.80. The predicted molar refractivity (Wildman–Crippen MR) is 117 cm³/mol. The number of ether oxygens (including phenoxy) is 1. The number of hydrogen-bond acceptors (Lipinski definition) is 3. The molecule has 1 atom stereocenters. The van der Waals surface area contributed by atoms with E-state index in [0.717, 1.165) is 31.1 Å². The van der Waals surface area contributed by atoms with E-state index in [0.29, 0.717) is 5.11 Å². The highest BCUT2D eigenvalue weighted by atomic mass is 32.1. The quantitative estimate of drug-likeness (QED) is 0.722. The van der Waals surface area contributed by atoms with Crippen molar-refractivity contribution in [3.8, 4) is 5.75 Å². The van der Waals surface area contributed by atoms with Crippen molar-refractivity contribution >= 4 is 23.0 Å². The van der Waals surface area contributed by atoms with Gasteiger partial charge in [0.05, 0.1) is 13.2 Å². The number of nitrogens with zero attached hydrogens (tertiary/aromatic N) is 1. The molecular weight excluding hydrogens is 354 g/mol. The number of aryl methyl sites for hydroxylation is 1. The second-order valence-electron chi connectivity index (χ2n) is 7.08. The summed E-state index contributed by atoms with van der Waals surface area (Å²) in [6, 6.07) is 14.8. The van der Waals surface area contributed by atoms with Gasteiger partial charge in [-0.15, -0.1) is 0 Å². The van der Waals surface area contributed by atoms with E-state index in [1.165, 1.54) is 29.5 Å². The zero-order valence-corrected chi connectivity index (χ0v) is 17.2. The summed E-state index contributed by atoms with van der Waals surface area (Å²) in [7, 11) is 1.74. The Bertz CT molecular complexity index is 787. The molecule has 2 N–H and O–H groups in total. The van der Waals surface area contributed by atoms with E-state index in [1.807, 2.05) is 12.1 Å². The van der Waals surface area contributed by atoms with Crippen molar-refractivity contribution in [3.05, 3.63) is 59.2 Å². The van der Waals surface area contributed by atoms with Crippen LogP contribution in [0.2, 0.25) is 0 Å². The SMILES string of the molecule is COc1ccccc1[C@@H](CNC(=S)Nc1cccc(C)c1C)N1CCCC1. The van der Waals surface area contributed by atoms with Crippen LogP contribution in [0.1, 0.15) is 35.6 Å². The van der Waals surface area contributed by atoms with Crippen LogP contribution in [-0.2, 0) is 0 Å². The number of likely N-dealkylation sites (tertiary alicyclic amines) is 1. The van der Waals surface area contributed by atoms with Crippen LogP contribution < -0.4 is 15.4 Å². The molecule has 2 aromatic rings. The van der Waals surface area contributed by atoms with Crippen LogP contribution in [0.5, 0.6) is 5.75 Å². The fraction of sp³-hybridized carbons (Fsp3) is 0.409. The first kappa shape index (κ1) is 19.6. The largest absolute Gasteiger partial charge is 0.496 e. The lowest BCUT2D eigenvalue weighted by Crippen LogP contribution is -2.38. The highest BCUT2D eigenvalue weighted by Gasteiger charge is 2.25. The number of anilines is 1. The van der Waals surface area contributed by atoms with Crippen LogP contribution in [0.25, 0.3) is 0 Å². The molecule has 3 rings (SSSR count). The normalized spacial score (nSPS) is 15.4. The van der Waals surface area contributed by atoms with Crippen molar-refractivity contribution in [2.24, 2.45) is 0 Å². The standard InChI is InChI=1S/C22H29N3OS/c1-16-9-8-11-19(17(16)2)24-22(27)23-15-20(25-13-6-7-14-25)18-10-4-5-12-21(18)26-3/h4-5,8-12,20H,6-7,13-15H2,1-3H3,(H2,23,24,27)/t20-/m1/s1. The summed E-state index contributed by atoms with van der Waals surface area (Å²) >= 11 is 5.57. The summed E-state index contributed by atoms with van der Waals surface area (Å²) in [5.41, 5.74) is 4.75. The molecule has 1 saturated heterocycles. The van der Waals surface area contributed by atoms with E-state index in [-0.39, 0.29) is 6.04 Å². The molecule has 0 aliphatic carbocycles. The molecule has 0 aromatic heterocycles. The third-order valence-electron chi connectivity index (χ3n) is 5.39. The fourth-order valence-electron chi connectivity index (χ4n) is 3.67. The molecule has 0 unspecified atom stereocenters. The number of rotatable bonds is 6. The molecule has 1 fully saturated rings. The van der Waals surface area contributed by atoms with E-state index in [9.17, 15) is 0 Å². The zero-order chi connectivity index (χ0) is 19.2. The van der Waals surface area contributed by atoms with Crippen LogP contribution in [0.15, 0.2) is 42.5 Å². The summed E-state index contributed by atoms with van der Waals surface area (Å²) in [5, 5.41) is 7.43. The van der Waals surface area contributed by atoms with E-state index < -0.39 is 0 Å². The molecule has 0 radical (unpaired) electrons. The van der Waals surface area contributed by atoms with Crippen LogP contribution >= 0.6 is 12.2 Å². The van der Waals surface area contributed by atoms with Crippen molar-refractivity contribution in [1.29, 1.82) is 0 Å². The minimum absolute atomic E-state index is 0.238. The van der Waals surface area contributed by atoms with Crippen molar-refractivity contribution in [3.63, 3.8) is 0 Å². The van der Waals surface area contributed by atoms with Gasteiger partial charge in [0.2, 0.25) is 0 Å². The molecular formula is C22H29N3OS. The minimum atomic E-state index is 0.238. The first-order chi connectivity index (χ1) is 13.1. The highest BCUT2D eigenvalue weighted by Crippen LogP contribution is 2.31. The van der Waals surface area contributed by atoms with E-state index >= 15 is 0 Å².